The summed E-state index contributed by atoms with van der Waals surface area (Å²) in [6.45, 7) is 2.03. The minimum Gasteiger partial charge on any atom is -0.542 e. The zero-order valence-corrected chi connectivity index (χ0v) is 10.2. The molecule has 1 aromatic rings. The Bertz CT molecular complexity index is 419. The van der Waals surface area contributed by atoms with Gasteiger partial charge in [-0.1, -0.05) is 6.07 Å². The minimum absolute atomic E-state index is 1.20. The van der Waals surface area contributed by atoms with Crippen molar-refractivity contribution in [2.24, 2.45) is 0 Å². The number of pyridine rings is 1. The standard InChI is InChI=1S/C6H7N.2C2HF3O2/c1-6-4-2-3-5-7-6;2*3-2(4,5)1(6)7/h2-5H,1H3;2*(H,6,7). The summed E-state index contributed by atoms with van der Waals surface area (Å²) in [5.74, 6) is -5.76. The van der Waals surface area contributed by atoms with Gasteiger partial charge in [-0.05, 0) is 0 Å². The number of nitrogens with one attached hydrogen (secondary N) is 1. The molecule has 0 spiro atoms. The lowest BCUT2D eigenvalue weighted by molar-refractivity contribution is -0.387. The Morgan fingerprint density at radius 2 is 1.48 bits per heavy atom. The Hall–Kier alpha value is -2.33. The molecule has 0 bridgehead atoms. The summed E-state index contributed by atoms with van der Waals surface area (Å²) in [5.41, 5.74) is 1.20. The Balaban J connectivity index is 0. The highest BCUT2D eigenvalue weighted by molar-refractivity contribution is 5.73. The highest BCUT2D eigenvalue weighted by Crippen LogP contribution is 2.13. The van der Waals surface area contributed by atoms with Gasteiger partial charge < -0.3 is 15.0 Å². The maximum Gasteiger partial charge on any atom is 0.490 e. The van der Waals surface area contributed by atoms with Crippen LogP contribution in [0.5, 0.6) is 0 Å². The molecule has 0 aliphatic carbocycles. The third-order valence-electron chi connectivity index (χ3n) is 1.34. The Labute approximate surface area is 113 Å². The van der Waals surface area contributed by atoms with E-state index in [-0.39, 0.29) is 0 Å². The van der Waals surface area contributed by atoms with Crippen molar-refractivity contribution in [3.05, 3.63) is 30.1 Å². The number of aromatic nitrogens is 1. The van der Waals surface area contributed by atoms with Gasteiger partial charge in [-0.25, -0.2) is 9.78 Å². The van der Waals surface area contributed by atoms with Gasteiger partial charge in [0.25, 0.3) is 0 Å². The number of carboxylic acid groups (broad SMARTS) is 2. The van der Waals surface area contributed by atoms with Crippen molar-refractivity contribution in [2.75, 3.05) is 0 Å². The zero-order chi connectivity index (χ0) is 17.3. The molecule has 0 saturated heterocycles. The number of carboxylic acids is 2. The molecule has 2 N–H and O–H groups in total. The molecule has 11 heteroatoms. The summed E-state index contributed by atoms with van der Waals surface area (Å²) in [6.07, 6.45) is -8.37. The van der Waals surface area contributed by atoms with E-state index in [4.69, 9.17) is 19.8 Å². The summed E-state index contributed by atoms with van der Waals surface area (Å²) < 4.78 is 63.3. The van der Waals surface area contributed by atoms with Crippen LogP contribution in [0, 0.1) is 6.92 Å². The molecule has 0 atom stereocenters. The first-order chi connectivity index (χ1) is 9.28. The van der Waals surface area contributed by atoms with Crippen molar-refractivity contribution < 1.29 is 51.1 Å². The van der Waals surface area contributed by atoms with Crippen LogP contribution >= 0.6 is 0 Å². The smallest absolute Gasteiger partial charge is 0.490 e. The number of carbonyl (C=O) groups excluding carboxylic acids is 1. The molecular weight excluding hydrogens is 312 g/mol. The molecule has 0 amide bonds. The fourth-order valence-electron chi connectivity index (χ4n) is 0.483. The van der Waals surface area contributed by atoms with Crippen LogP contribution in [0.4, 0.5) is 26.3 Å². The SMILES string of the molecule is Cc1cccc[nH+]1.O=C(O)C(F)(F)F.O=C([O-])C(F)(F)F. The molecule has 0 unspecified atom stereocenters. The number of H-pyrrole nitrogens is 1. The van der Waals surface area contributed by atoms with Crippen molar-refractivity contribution >= 4 is 11.9 Å². The van der Waals surface area contributed by atoms with Crippen LogP contribution in [0.15, 0.2) is 24.4 Å². The summed E-state index contributed by atoms with van der Waals surface area (Å²) in [7, 11) is 0. The highest BCUT2D eigenvalue weighted by atomic mass is 19.4. The van der Waals surface area contributed by atoms with Gasteiger partial charge in [-0.3, -0.25) is 0 Å². The average Bonchev–Trinajstić information content (AvgIpc) is 2.28. The maximum atomic E-state index is 10.6. The van der Waals surface area contributed by atoms with E-state index in [9.17, 15) is 26.3 Å². The van der Waals surface area contributed by atoms with Gasteiger partial charge in [0, 0.05) is 19.1 Å². The molecule has 1 rings (SSSR count). The van der Waals surface area contributed by atoms with Gasteiger partial charge in [0.05, 0.1) is 0 Å². The number of hydrogen-bond donors (Lipinski definition) is 1. The van der Waals surface area contributed by atoms with Crippen LogP contribution in [-0.2, 0) is 9.59 Å². The van der Waals surface area contributed by atoms with E-state index in [0.717, 1.165) is 0 Å². The molecule has 21 heavy (non-hydrogen) atoms. The second kappa shape index (κ2) is 8.76. The summed E-state index contributed by atoms with van der Waals surface area (Å²) in [5, 5.41) is 15.9. The Kier molecular flexibility index (Phi) is 8.75. The van der Waals surface area contributed by atoms with Crippen LogP contribution < -0.4 is 10.1 Å². The largest absolute Gasteiger partial charge is 0.542 e. The van der Waals surface area contributed by atoms with Crippen LogP contribution in [0.3, 0.4) is 0 Å². The van der Waals surface area contributed by atoms with E-state index >= 15 is 0 Å². The van der Waals surface area contributed by atoms with Gasteiger partial charge in [0.1, 0.15) is 5.97 Å². The molecule has 1 heterocycles. The minimum atomic E-state index is -5.19. The molecule has 1 aromatic heterocycles. The second-order valence-corrected chi connectivity index (χ2v) is 3.13. The topological polar surface area (TPSA) is 91.6 Å². The first-order valence-corrected chi connectivity index (χ1v) is 4.80. The van der Waals surface area contributed by atoms with Crippen LogP contribution in [0.2, 0.25) is 0 Å². The first-order valence-electron chi connectivity index (χ1n) is 4.80. The van der Waals surface area contributed by atoms with Gasteiger partial charge in [-0.2, -0.15) is 26.3 Å². The predicted molar refractivity (Wildman–Crippen MR) is 52.5 cm³/mol. The molecule has 120 valence electrons. The molecule has 0 aromatic carbocycles. The second-order valence-electron chi connectivity index (χ2n) is 3.13. The maximum absolute atomic E-state index is 10.6. The normalized spacial score (nSPS) is 10.4. The summed E-state index contributed by atoms with van der Waals surface area (Å²) >= 11 is 0. The van der Waals surface area contributed by atoms with Crippen LogP contribution in [0.25, 0.3) is 0 Å². The summed E-state index contributed by atoms with van der Waals surface area (Å²) in [4.78, 5) is 20.7. The Morgan fingerprint density at radius 1 is 1.10 bits per heavy atom. The first kappa shape index (κ1) is 21.0. The van der Waals surface area contributed by atoms with Crippen molar-refractivity contribution in [3.8, 4) is 0 Å². The monoisotopic (exact) mass is 321 g/mol. The molecule has 0 aliphatic heterocycles. The molecular formula is C10H9F6NO4. The molecule has 0 fully saturated rings. The quantitative estimate of drug-likeness (QED) is 0.714. The predicted octanol–water partition coefficient (Wildman–Crippen LogP) is 0.741. The van der Waals surface area contributed by atoms with Crippen molar-refractivity contribution in [2.45, 2.75) is 19.3 Å². The molecule has 0 radical (unpaired) electrons. The van der Waals surface area contributed by atoms with Gasteiger partial charge in [0.2, 0.25) is 0 Å². The van der Waals surface area contributed by atoms with Crippen molar-refractivity contribution in [1.82, 2.24) is 0 Å². The molecule has 0 aliphatic rings. The number of aromatic amines is 1. The van der Waals surface area contributed by atoms with Crippen molar-refractivity contribution in [1.29, 1.82) is 0 Å². The van der Waals surface area contributed by atoms with E-state index in [1.54, 1.807) is 0 Å². The fourth-order valence-corrected chi connectivity index (χ4v) is 0.483. The third-order valence-corrected chi connectivity index (χ3v) is 1.34. The number of alkyl halides is 6. The van der Waals surface area contributed by atoms with E-state index in [1.807, 2.05) is 31.3 Å². The van der Waals surface area contributed by atoms with Gasteiger partial charge >= 0.3 is 18.3 Å². The lowest BCUT2D eigenvalue weighted by atomic mass is 10.4. The number of hydrogen-bond acceptors (Lipinski definition) is 3. The third kappa shape index (κ3) is 13.9. The lowest BCUT2D eigenvalue weighted by Crippen LogP contribution is -2.37. The molecule has 0 saturated carbocycles. The Morgan fingerprint density at radius 3 is 1.57 bits per heavy atom. The zero-order valence-electron chi connectivity index (χ0n) is 10.2. The summed E-state index contributed by atoms with van der Waals surface area (Å²) in [6, 6.07) is 6.00. The van der Waals surface area contributed by atoms with Gasteiger partial charge in [0.15, 0.2) is 11.9 Å². The van der Waals surface area contributed by atoms with E-state index in [0.29, 0.717) is 0 Å². The van der Waals surface area contributed by atoms with E-state index in [1.165, 1.54) is 5.69 Å². The van der Waals surface area contributed by atoms with Crippen LogP contribution in [0.1, 0.15) is 5.69 Å². The van der Waals surface area contributed by atoms with Crippen LogP contribution in [-0.4, -0.2) is 29.4 Å². The van der Waals surface area contributed by atoms with E-state index in [2.05, 4.69) is 4.98 Å². The lowest BCUT2D eigenvalue weighted by Gasteiger charge is -2.03. The number of halogens is 6. The number of aryl methyl sites for hydroxylation is 1. The van der Waals surface area contributed by atoms with Gasteiger partial charge in [-0.15, -0.1) is 0 Å². The number of aliphatic carboxylic acids is 2. The molecule has 5 nitrogen and oxygen atoms in total. The van der Waals surface area contributed by atoms with Crippen molar-refractivity contribution in [3.63, 3.8) is 0 Å². The number of rotatable bonds is 0. The number of carbonyl (C=O) groups is 2. The average molecular weight is 321 g/mol. The highest BCUT2D eigenvalue weighted by Gasteiger charge is 2.38. The van der Waals surface area contributed by atoms with E-state index < -0.39 is 24.3 Å². The fraction of sp³-hybridized carbons (Fsp3) is 0.300.